The van der Waals surface area contributed by atoms with E-state index in [0.717, 1.165) is 32.0 Å². The number of carbonyl (C=O) groups is 1. The van der Waals surface area contributed by atoms with Gasteiger partial charge in [0, 0.05) is 13.1 Å². The molecule has 0 aromatic rings. The molecule has 3 nitrogen and oxygen atoms in total. The molecule has 1 amide bonds. The summed E-state index contributed by atoms with van der Waals surface area (Å²) in [6.45, 7) is 5.37. The highest BCUT2D eigenvalue weighted by molar-refractivity contribution is 5.78. The second-order valence-electron chi connectivity index (χ2n) is 4.71. The number of rotatable bonds is 4. The van der Waals surface area contributed by atoms with Gasteiger partial charge in [0.2, 0.25) is 5.91 Å². The molecule has 1 heterocycles. The van der Waals surface area contributed by atoms with Crippen molar-refractivity contribution in [3.8, 4) is 0 Å². The topological polar surface area (TPSA) is 32.3 Å². The van der Waals surface area contributed by atoms with Crippen LogP contribution < -0.4 is 5.32 Å². The molecule has 2 aliphatic rings. The Kier molecular flexibility index (Phi) is 3.41. The number of nitrogens with one attached hydrogen (secondary N) is 1. The van der Waals surface area contributed by atoms with Gasteiger partial charge in [-0.05, 0) is 38.6 Å². The van der Waals surface area contributed by atoms with E-state index < -0.39 is 0 Å². The summed E-state index contributed by atoms with van der Waals surface area (Å²) in [6, 6.07) is 0. The second kappa shape index (κ2) is 4.79. The highest BCUT2D eigenvalue weighted by Gasteiger charge is 2.21. The van der Waals surface area contributed by atoms with Gasteiger partial charge < -0.3 is 10.2 Å². The summed E-state index contributed by atoms with van der Waals surface area (Å²) in [5.74, 6) is 1.10. The molecule has 0 unspecified atom stereocenters. The Bertz CT molecular complexity index is 269. The Morgan fingerprint density at radius 3 is 3.00 bits per heavy atom. The average molecular weight is 208 g/mol. The van der Waals surface area contributed by atoms with E-state index in [2.05, 4.69) is 18.3 Å². The molecule has 1 saturated carbocycles. The molecular weight excluding hydrogens is 188 g/mol. The van der Waals surface area contributed by atoms with E-state index in [4.69, 9.17) is 0 Å². The van der Waals surface area contributed by atoms with Gasteiger partial charge >= 0.3 is 0 Å². The van der Waals surface area contributed by atoms with Crippen molar-refractivity contribution in [3.05, 3.63) is 11.6 Å². The van der Waals surface area contributed by atoms with Crippen molar-refractivity contribution in [2.45, 2.75) is 26.2 Å². The third kappa shape index (κ3) is 3.34. The van der Waals surface area contributed by atoms with Crippen LogP contribution in [0, 0.1) is 5.92 Å². The van der Waals surface area contributed by atoms with Gasteiger partial charge in [-0.2, -0.15) is 0 Å². The van der Waals surface area contributed by atoms with Crippen LogP contribution in [0.4, 0.5) is 0 Å². The maximum atomic E-state index is 11.7. The van der Waals surface area contributed by atoms with Crippen LogP contribution >= 0.6 is 0 Å². The van der Waals surface area contributed by atoms with Gasteiger partial charge in [0.05, 0.1) is 6.54 Å². The van der Waals surface area contributed by atoms with Gasteiger partial charge in [-0.1, -0.05) is 11.6 Å². The average Bonchev–Trinajstić information content (AvgIpc) is 3.02. The number of hydrogen-bond acceptors (Lipinski definition) is 2. The Morgan fingerprint density at radius 1 is 1.60 bits per heavy atom. The number of hydrogen-bond donors (Lipinski definition) is 1. The van der Waals surface area contributed by atoms with Crippen LogP contribution in [-0.4, -0.2) is 37.0 Å². The third-order valence-electron chi connectivity index (χ3n) is 3.20. The van der Waals surface area contributed by atoms with Crippen molar-refractivity contribution >= 4 is 5.91 Å². The molecule has 0 aromatic heterocycles. The standard InChI is InChI=1S/C12H20N2O/c1-10-4-6-14(7-5-10)12(15)9-13-8-11-2-3-11/h4,11,13H,2-3,5-9H2,1H3. The summed E-state index contributed by atoms with van der Waals surface area (Å²) in [5, 5.41) is 3.24. The summed E-state index contributed by atoms with van der Waals surface area (Å²) >= 11 is 0. The molecular formula is C12H20N2O. The van der Waals surface area contributed by atoms with E-state index in [1.807, 2.05) is 4.90 Å². The lowest BCUT2D eigenvalue weighted by Crippen LogP contribution is -2.40. The normalized spacial score (nSPS) is 21.4. The van der Waals surface area contributed by atoms with Crippen LogP contribution in [0.2, 0.25) is 0 Å². The summed E-state index contributed by atoms with van der Waals surface area (Å²) in [7, 11) is 0. The zero-order valence-corrected chi connectivity index (χ0v) is 9.46. The molecule has 0 radical (unpaired) electrons. The Labute approximate surface area is 91.5 Å². The number of carbonyl (C=O) groups excluding carboxylic acids is 1. The zero-order valence-electron chi connectivity index (χ0n) is 9.46. The minimum absolute atomic E-state index is 0.249. The van der Waals surface area contributed by atoms with Crippen molar-refractivity contribution < 1.29 is 4.79 Å². The lowest BCUT2D eigenvalue weighted by molar-refractivity contribution is -0.129. The molecule has 1 aliphatic carbocycles. The van der Waals surface area contributed by atoms with Gasteiger partial charge in [0.15, 0.2) is 0 Å². The fraction of sp³-hybridized carbons (Fsp3) is 0.750. The summed E-state index contributed by atoms with van der Waals surface area (Å²) in [4.78, 5) is 13.7. The van der Waals surface area contributed by atoms with Gasteiger partial charge in [-0.15, -0.1) is 0 Å². The maximum Gasteiger partial charge on any atom is 0.236 e. The fourth-order valence-corrected chi connectivity index (χ4v) is 1.81. The summed E-state index contributed by atoms with van der Waals surface area (Å²) in [6.07, 6.45) is 5.87. The van der Waals surface area contributed by atoms with E-state index in [0.29, 0.717) is 6.54 Å². The molecule has 3 heteroatoms. The lowest BCUT2D eigenvalue weighted by atomic mass is 10.1. The summed E-state index contributed by atoms with van der Waals surface area (Å²) in [5.41, 5.74) is 1.41. The second-order valence-corrected chi connectivity index (χ2v) is 4.71. The van der Waals surface area contributed by atoms with E-state index in [1.54, 1.807) is 0 Å². The highest BCUT2D eigenvalue weighted by Crippen LogP contribution is 2.27. The predicted molar refractivity (Wildman–Crippen MR) is 60.5 cm³/mol. The first-order valence-corrected chi connectivity index (χ1v) is 5.90. The monoisotopic (exact) mass is 208 g/mol. The SMILES string of the molecule is CC1=CCN(C(=O)CNCC2CC2)CC1. The Morgan fingerprint density at radius 2 is 2.40 bits per heavy atom. The molecule has 0 spiro atoms. The van der Waals surface area contributed by atoms with Gasteiger partial charge in [0.25, 0.3) is 0 Å². The van der Waals surface area contributed by atoms with Crippen LogP contribution in [0.25, 0.3) is 0 Å². The molecule has 0 atom stereocenters. The molecule has 1 N–H and O–H groups in total. The van der Waals surface area contributed by atoms with Crippen molar-refractivity contribution in [2.75, 3.05) is 26.2 Å². The lowest BCUT2D eigenvalue weighted by Gasteiger charge is -2.25. The summed E-state index contributed by atoms with van der Waals surface area (Å²) < 4.78 is 0. The molecule has 0 aromatic carbocycles. The van der Waals surface area contributed by atoms with Crippen molar-refractivity contribution in [1.29, 1.82) is 0 Å². The quantitative estimate of drug-likeness (QED) is 0.703. The van der Waals surface area contributed by atoms with Crippen LogP contribution in [0.3, 0.4) is 0 Å². The molecule has 1 fully saturated rings. The molecule has 15 heavy (non-hydrogen) atoms. The van der Waals surface area contributed by atoms with E-state index in [9.17, 15) is 4.79 Å². The Balaban J connectivity index is 1.66. The molecule has 84 valence electrons. The van der Waals surface area contributed by atoms with Gasteiger partial charge in [-0.3, -0.25) is 4.79 Å². The van der Waals surface area contributed by atoms with Crippen LogP contribution in [-0.2, 0) is 4.79 Å². The van der Waals surface area contributed by atoms with Gasteiger partial charge in [0.1, 0.15) is 0 Å². The maximum absolute atomic E-state index is 11.7. The molecule has 1 aliphatic heterocycles. The predicted octanol–water partition coefficient (Wildman–Crippen LogP) is 1.16. The first-order valence-electron chi connectivity index (χ1n) is 5.90. The van der Waals surface area contributed by atoms with Crippen LogP contribution in [0.1, 0.15) is 26.2 Å². The largest absolute Gasteiger partial charge is 0.338 e. The molecule has 0 saturated heterocycles. The van der Waals surface area contributed by atoms with Crippen molar-refractivity contribution in [1.82, 2.24) is 10.2 Å². The number of nitrogens with zero attached hydrogens (tertiary/aromatic N) is 1. The molecule has 0 bridgehead atoms. The first-order chi connectivity index (χ1) is 7.25. The van der Waals surface area contributed by atoms with E-state index >= 15 is 0 Å². The van der Waals surface area contributed by atoms with Gasteiger partial charge in [-0.25, -0.2) is 0 Å². The van der Waals surface area contributed by atoms with Crippen molar-refractivity contribution in [2.24, 2.45) is 5.92 Å². The minimum Gasteiger partial charge on any atom is -0.338 e. The Hall–Kier alpha value is -0.830. The molecule has 2 rings (SSSR count). The fourth-order valence-electron chi connectivity index (χ4n) is 1.81. The first kappa shape index (κ1) is 10.7. The van der Waals surface area contributed by atoms with Crippen LogP contribution in [0.5, 0.6) is 0 Å². The third-order valence-corrected chi connectivity index (χ3v) is 3.20. The minimum atomic E-state index is 0.249. The van der Waals surface area contributed by atoms with Crippen LogP contribution in [0.15, 0.2) is 11.6 Å². The van der Waals surface area contributed by atoms with E-state index in [1.165, 1.54) is 18.4 Å². The number of amides is 1. The zero-order chi connectivity index (χ0) is 10.7. The highest BCUT2D eigenvalue weighted by atomic mass is 16.2. The van der Waals surface area contributed by atoms with E-state index in [-0.39, 0.29) is 5.91 Å². The smallest absolute Gasteiger partial charge is 0.236 e. The van der Waals surface area contributed by atoms with Crippen molar-refractivity contribution in [3.63, 3.8) is 0 Å².